The molecular formula is C14H18N2O4. The monoisotopic (exact) mass is 278 g/mol. The van der Waals surface area contributed by atoms with Crippen LogP contribution >= 0.6 is 0 Å². The van der Waals surface area contributed by atoms with E-state index in [9.17, 15) is 20.0 Å². The number of carboxylic acids is 1. The van der Waals surface area contributed by atoms with Crippen molar-refractivity contribution in [1.82, 2.24) is 4.90 Å². The fourth-order valence-electron chi connectivity index (χ4n) is 2.72. The van der Waals surface area contributed by atoms with Gasteiger partial charge >= 0.3 is 5.97 Å². The molecule has 1 aliphatic rings. The maximum Gasteiger partial charge on any atom is 0.325 e. The lowest BCUT2D eigenvalue weighted by Crippen LogP contribution is -2.35. The van der Waals surface area contributed by atoms with Crippen LogP contribution in [0.4, 0.5) is 5.69 Å². The third-order valence-electron chi connectivity index (χ3n) is 3.67. The molecule has 0 amide bonds. The van der Waals surface area contributed by atoms with Gasteiger partial charge in [0.1, 0.15) is 6.04 Å². The molecule has 1 atom stereocenters. The average Bonchev–Trinajstić information content (AvgIpc) is 2.68. The van der Waals surface area contributed by atoms with Gasteiger partial charge in [-0.25, -0.2) is 0 Å². The lowest BCUT2D eigenvalue weighted by atomic mass is 10.0. The number of rotatable bonds is 4. The van der Waals surface area contributed by atoms with Crippen LogP contribution in [0.1, 0.15) is 37.3 Å². The van der Waals surface area contributed by atoms with E-state index >= 15 is 0 Å². The van der Waals surface area contributed by atoms with Crippen molar-refractivity contribution in [1.29, 1.82) is 0 Å². The Hall–Kier alpha value is -1.95. The molecule has 0 saturated carbocycles. The Morgan fingerprint density at radius 3 is 2.35 bits per heavy atom. The summed E-state index contributed by atoms with van der Waals surface area (Å²) in [5, 5.41) is 20.6. The summed E-state index contributed by atoms with van der Waals surface area (Å²) in [6.07, 6.45) is 4.04. The van der Waals surface area contributed by atoms with Crippen LogP contribution in [0, 0.1) is 10.1 Å². The number of hydrogen-bond acceptors (Lipinski definition) is 4. The summed E-state index contributed by atoms with van der Waals surface area (Å²) in [7, 11) is 0. The number of carbonyl (C=O) groups is 1. The number of para-hydroxylation sites is 1. The predicted molar refractivity (Wildman–Crippen MR) is 73.5 cm³/mol. The molecule has 1 unspecified atom stereocenters. The first kappa shape index (κ1) is 14.5. The molecule has 1 saturated heterocycles. The zero-order valence-corrected chi connectivity index (χ0v) is 11.2. The maximum atomic E-state index is 11.6. The maximum absolute atomic E-state index is 11.6. The molecule has 0 aliphatic carbocycles. The predicted octanol–water partition coefficient (Wildman–Crippen LogP) is 2.60. The largest absolute Gasteiger partial charge is 0.480 e. The molecule has 6 heteroatoms. The number of benzene rings is 1. The normalized spacial score (nSPS) is 18.2. The fourth-order valence-corrected chi connectivity index (χ4v) is 2.72. The Morgan fingerprint density at radius 1 is 1.20 bits per heavy atom. The van der Waals surface area contributed by atoms with Crippen molar-refractivity contribution in [2.24, 2.45) is 0 Å². The number of aliphatic carboxylic acids is 1. The number of hydrogen-bond donors (Lipinski definition) is 1. The van der Waals surface area contributed by atoms with E-state index in [1.807, 2.05) is 4.90 Å². The van der Waals surface area contributed by atoms with Gasteiger partial charge in [-0.15, -0.1) is 0 Å². The van der Waals surface area contributed by atoms with Crippen molar-refractivity contribution in [2.45, 2.75) is 31.7 Å². The van der Waals surface area contributed by atoms with E-state index in [1.54, 1.807) is 18.2 Å². The summed E-state index contributed by atoms with van der Waals surface area (Å²) >= 11 is 0. The summed E-state index contributed by atoms with van der Waals surface area (Å²) < 4.78 is 0. The van der Waals surface area contributed by atoms with E-state index in [0.29, 0.717) is 13.1 Å². The topological polar surface area (TPSA) is 83.7 Å². The molecule has 0 bridgehead atoms. The summed E-state index contributed by atoms with van der Waals surface area (Å²) in [5.74, 6) is -1.03. The number of nitro benzene ring substituents is 1. The molecule has 0 aromatic heterocycles. The van der Waals surface area contributed by atoms with Crippen LogP contribution in [0.25, 0.3) is 0 Å². The van der Waals surface area contributed by atoms with Gasteiger partial charge in [-0.05, 0) is 32.0 Å². The molecule has 1 aromatic rings. The van der Waals surface area contributed by atoms with Crippen LogP contribution in [0.5, 0.6) is 0 Å². The number of nitrogens with zero attached hydrogens (tertiary/aromatic N) is 2. The second kappa shape index (κ2) is 6.47. The van der Waals surface area contributed by atoms with Gasteiger partial charge in [0.25, 0.3) is 5.69 Å². The molecule has 6 nitrogen and oxygen atoms in total. The Labute approximate surface area is 117 Å². The standard InChI is InChI=1S/C14H18N2O4/c17-14(18)13(15-9-5-1-2-6-10-15)11-7-3-4-8-12(11)16(19)20/h3-4,7-8,13H,1-2,5-6,9-10H2,(H,17,18). The summed E-state index contributed by atoms with van der Waals surface area (Å²) in [6, 6.07) is 5.18. The van der Waals surface area contributed by atoms with E-state index < -0.39 is 16.9 Å². The van der Waals surface area contributed by atoms with Crippen LogP contribution in [0.3, 0.4) is 0 Å². The van der Waals surface area contributed by atoms with Crippen molar-refractivity contribution < 1.29 is 14.8 Å². The van der Waals surface area contributed by atoms with Crippen molar-refractivity contribution in [3.63, 3.8) is 0 Å². The summed E-state index contributed by atoms with van der Waals surface area (Å²) in [6.45, 7) is 1.34. The zero-order chi connectivity index (χ0) is 14.5. The Bertz CT molecular complexity index is 496. The van der Waals surface area contributed by atoms with E-state index in [-0.39, 0.29) is 11.3 Å². The minimum absolute atomic E-state index is 0.121. The lowest BCUT2D eigenvalue weighted by molar-refractivity contribution is -0.385. The number of likely N-dealkylation sites (tertiary alicyclic amines) is 1. The van der Waals surface area contributed by atoms with Crippen molar-refractivity contribution in [3.05, 3.63) is 39.9 Å². The minimum Gasteiger partial charge on any atom is -0.480 e. The van der Waals surface area contributed by atoms with Gasteiger partial charge in [0, 0.05) is 6.07 Å². The van der Waals surface area contributed by atoms with Gasteiger partial charge < -0.3 is 5.11 Å². The zero-order valence-electron chi connectivity index (χ0n) is 11.2. The summed E-state index contributed by atoms with van der Waals surface area (Å²) in [4.78, 5) is 24.0. The van der Waals surface area contributed by atoms with Crippen LogP contribution in [-0.4, -0.2) is 34.0 Å². The Morgan fingerprint density at radius 2 is 1.80 bits per heavy atom. The van der Waals surface area contributed by atoms with Crippen LogP contribution in [-0.2, 0) is 4.79 Å². The van der Waals surface area contributed by atoms with Crippen molar-refractivity contribution in [2.75, 3.05) is 13.1 Å². The molecule has 1 heterocycles. The first-order chi connectivity index (χ1) is 9.61. The smallest absolute Gasteiger partial charge is 0.325 e. The van der Waals surface area contributed by atoms with E-state index in [1.165, 1.54) is 6.07 Å². The molecule has 108 valence electrons. The highest BCUT2D eigenvalue weighted by Crippen LogP contribution is 2.31. The van der Waals surface area contributed by atoms with E-state index in [4.69, 9.17) is 0 Å². The molecular weight excluding hydrogens is 260 g/mol. The highest BCUT2D eigenvalue weighted by molar-refractivity contribution is 5.77. The molecule has 0 spiro atoms. The molecule has 1 N–H and O–H groups in total. The number of nitro groups is 1. The van der Waals surface area contributed by atoms with Crippen LogP contribution < -0.4 is 0 Å². The highest BCUT2D eigenvalue weighted by Gasteiger charge is 2.32. The van der Waals surface area contributed by atoms with Gasteiger partial charge in [0.15, 0.2) is 0 Å². The highest BCUT2D eigenvalue weighted by atomic mass is 16.6. The van der Waals surface area contributed by atoms with Gasteiger partial charge in [-0.1, -0.05) is 25.0 Å². The quantitative estimate of drug-likeness (QED) is 0.676. The minimum atomic E-state index is -1.03. The molecule has 1 aliphatic heterocycles. The van der Waals surface area contributed by atoms with Gasteiger partial charge in [0.2, 0.25) is 0 Å². The molecule has 0 radical (unpaired) electrons. The SMILES string of the molecule is O=C(O)C(c1ccccc1[N+](=O)[O-])N1CCCCCC1. The molecule has 2 rings (SSSR count). The third kappa shape index (κ3) is 3.14. The van der Waals surface area contributed by atoms with Gasteiger partial charge in [-0.2, -0.15) is 0 Å². The molecule has 1 aromatic carbocycles. The van der Waals surface area contributed by atoms with Crippen molar-refractivity contribution >= 4 is 11.7 Å². The summed E-state index contributed by atoms with van der Waals surface area (Å²) in [5.41, 5.74) is 0.149. The average molecular weight is 278 g/mol. The second-order valence-corrected chi connectivity index (χ2v) is 5.01. The second-order valence-electron chi connectivity index (χ2n) is 5.01. The molecule has 1 fully saturated rings. The first-order valence-electron chi connectivity index (χ1n) is 6.81. The fraction of sp³-hybridized carbons (Fsp3) is 0.500. The first-order valence-corrected chi connectivity index (χ1v) is 6.81. The lowest BCUT2D eigenvalue weighted by Gasteiger charge is -2.27. The van der Waals surface area contributed by atoms with E-state index in [2.05, 4.69) is 0 Å². The van der Waals surface area contributed by atoms with Crippen LogP contribution in [0.15, 0.2) is 24.3 Å². The van der Waals surface area contributed by atoms with Crippen LogP contribution in [0.2, 0.25) is 0 Å². The van der Waals surface area contributed by atoms with Crippen molar-refractivity contribution in [3.8, 4) is 0 Å². The third-order valence-corrected chi connectivity index (χ3v) is 3.67. The van der Waals surface area contributed by atoms with Gasteiger partial charge in [0.05, 0.1) is 10.5 Å². The Balaban J connectivity index is 2.37. The molecule has 20 heavy (non-hydrogen) atoms. The van der Waals surface area contributed by atoms with E-state index in [0.717, 1.165) is 25.7 Å². The number of carboxylic acid groups (broad SMARTS) is 1. The van der Waals surface area contributed by atoms with Gasteiger partial charge in [-0.3, -0.25) is 19.8 Å². The Kier molecular flexibility index (Phi) is 4.68.